The van der Waals surface area contributed by atoms with E-state index in [9.17, 15) is 17.4 Å². The van der Waals surface area contributed by atoms with E-state index in [-0.39, 0.29) is 10.7 Å². The first kappa shape index (κ1) is 26.6. The van der Waals surface area contributed by atoms with Crippen LogP contribution in [-0.2, 0) is 28.6 Å². The number of nitrogens with one attached hydrogen (secondary N) is 1. The molecule has 3 aromatic rings. The molecule has 0 radical (unpaired) electrons. The van der Waals surface area contributed by atoms with Gasteiger partial charge in [0.1, 0.15) is 17.2 Å². The zero-order valence-corrected chi connectivity index (χ0v) is 22.1. The number of halogens is 1. The van der Waals surface area contributed by atoms with E-state index >= 15 is 0 Å². The molecule has 0 bridgehead atoms. The lowest BCUT2D eigenvalue weighted by molar-refractivity contribution is 0.268. The summed E-state index contributed by atoms with van der Waals surface area (Å²) in [5.74, 6) is 0.467. The molecular weight excluding hydrogens is 505 g/mol. The van der Waals surface area contributed by atoms with Gasteiger partial charge in [-0.25, -0.2) is 4.39 Å². The van der Waals surface area contributed by atoms with Crippen molar-refractivity contribution in [2.75, 3.05) is 24.6 Å². The minimum absolute atomic E-state index is 0.154. The van der Waals surface area contributed by atoms with E-state index in [2.05, 4.69) is 5.32 Å². The van der Waals surface area contributed by atoms with Crippen LogP contribution in [0.25, 0.3) is 0 Å². The summed E-state index contributed by atoms with van der Waals surface area (Å²) in [4.78, 5) is 1.88. The second-order valence-electron chi connectivity index (χ2n) is 10.2. The highest BCUT2D eigenvalue weighted by Crippen LogP contribution is 2.39. The smallest absolute Gasteiger partial charge is 0.294 e. The molecule has 9 heteroatoms. The van der Waals surface area contributed by atoms with E-state index in [1.807, 2.05) is 29.2 Å². The van der Waals surface area contributed by atoms with Crippen LogP contribution in [0.3, 0.4) is 0 Å². The van der Waals surface area contributed by atoms with Crippen molar-refractivity contribution in [3.05, 3.63) is 89.2 Å². The molecule has 202 valence electrons. The first-order chi connectivity index (χ1) is 18.2. The Bertz CT molecular complexity index is 1360. The molecule has 0 spiro atoms. The van der Waals surface area contributed by atoms with Gasteiger partial charge in [0.2, 0.25) is 0 Å². The van der Waals surface area contributed by atoms with Gasteiger partial charge < -0.3 is 20.7 Å². The highest BCUT2D eigenvalue weighted by atomic mass is 32.2. The Kier molecular flexibility index (Phi) is 7.72. The number of hydrogen-bond donors (Lipinski definition) is 3. The van der Waals surface area contributed by atoms with Crippen molar-refractivity contribution in [2.24, 2.45) is 5.73 Å². The number of nitrogens with two attached hydrogens (primary N) is 1. The number of anilines is 1. The van der Waals surface area contributed by atoms with E-state index in [1.165, 1.54) is 43.5 Å². The number of fused-ring (bicyclic) bond motifs is 1. The molecule has 2 atom stereocenters. The summed E-state index contributed by atoms with van der Waals surface area (Å²) in [7, 11) is -4.34. The standard InChI is InChI=1S/C29H34FN3O4S/c30-23-6-8-25(9-7-23)33-17-14-22-19-27(38(34,35)36)12-13-28(22)29(33,31)20-21-4-10-26(11-5-21)37-18-15-24-3-1-2-16-32-24/h4-13,19,24,32H,1-3,14-18,20,31H2,(H,34,35,36). The minimum atomic E-state index is -4.34. The lowest BCUT2D eigenvalue weighted by Gasteiger charge is -2.47. The van der Waals surface area contributed by atoms with Crippen LogP contribution in [0.2, 0.25) is 0 Å². The number of nitrogens with zero attached hydrogens (tertiary/aromatic N) is 1. The third-order valence-corrected chi connectivity index (χ3v) is 8.46. The van der Waals surface area contributed by atoms with Crippen LogP contribution in [0.1, 0.15) is 42.4 Å². The summed E-state index contributed by atoms with van der Waals surface area (Å²) in [6.45, 7) is 2.23. The number of piperidine rings is 1. The number of ether oxygens (including phenoxy) is 1. The first-order valence-electron chi connectivity index (χ1n) is 13.1. The monoisotopic (exact) mass is 539 g/mol. The van der Waals surface area contributed by atoms with Crippen molar-refractivity contribution in [1.29, 1.82) is 0 Å². The molecule has 4 N–H and O–H groups in total. The summed E-state index contributed by atoms with van der Waals surface area (Å²) in [6.07, 6.45) is 5.63. The van der Waals surface area contributed by atoms with Gasteiger partial charge in [0, 0.05) is 24.7 Å². The molecule has 2 heterocycles. The fourth-order valence-electron chi connectivity index (χ4n) is 5.61. The molecule has 2 aliphatic rings. The normalized spacial score (nSPS) is 21.7. The first-order valence-corrected chi connectivity index (χ1v) is 14.5. The summed E-state index contributed by atoms with van der Waals surface area (Å²) in [6, 6.07) is 19.1. The van der Waals surface area contributed by atoms with Crippen LogP contribution in [0.15, 0.2) is 71.6 Å². The van der Waals surface area contributed by atoms with Crippen LogP contribution < -0.4 is 20.7 Å². The highest BCUT2D eigenvalue weighted by molar-refractivity contribution is 7.85. The molecule has 2 aliphatic heterocycles. The van der Waals surface area contributed by atoms with Crippen molar-refractivity contribution < 1.29 is 22.1 Å². The van der Waals surface area contributed by atoms with Crippen molar-refractivity contribution in [2.45, 2.75) is 55.1 Å². The van der Waals surface area contributed by atoms with Crippen molar-refractivity contribution in [1.82, 2.24) is 5.32 Å². The molecule has 5 rings (SSSR count). The molecule has 1 saturated heterocycles. The lowest BCUT2D eigenvalue weighted by atomic mass is 9.83. The molecule has 0 aliphatic carbocycles. The molecule has 2 unspecified atom stereocenters. The van der Waals surface area contributed by atoms with E-state index in [0.717, 1.165) is 41.1 Å². The minimum Gasteiger partial charge on any atom is -0.494 e. The van der Waals surface area contributed by atoms with Gasteiger partial charge in [-0.15, -0.1) is 0 Å². The molecule has 7 nitrogen and oxygen atoms in total. The predicted molar refractivity (Wildman–Crippen MR) is 145 cm³/mol. The predicted octanol–water partition coefficient (Wildman–Crippen LogP) is 4.40. The molecule has 1 fully saturated rings. The Balaban J connectivity index is 1.38. The van der Waals surface area contributed by atoms with Crippen LogP contribution in [0.4, 0.5) is 10.1 Å². The van der Waals surface area contributed by atoms with Gasteiger partial charge in [0.05, 0.1) is 11.5 Å². The maximum atomic E-state index is 13.7. The highest BCUT2D eigenvalue weighted by Gasteiger charge is 2.40. The molecule has 3 aromatic carbocycles. The summed E-state index contributed by atoms with van der Waals surface area (Å²) in [5.41, 5.74) is 9.41. The topological polar surface area (TPSA) is 105 Å². The summed E-state index contributed by atoms with van der Waals surface area (Å²) in [5, 5.41) is 3.54. The van der Waals surface area contributed by atoms with E-state index in [1.54, 1.807) is 18.2 Å². The zero-order chi connectivity index (χ0) is 26.8. The zero-order valence-electron chi connectivity index (χ0n) is 21.3. The van der Waals surface area contributed by atoms with Gasteiger partial charge >= 0.3 is 0 Å². The SMILES string of the molecule is NC1(Cc2ccc(OCCC3CCCCN3)cc2)c2ccc(S(=O)(=O)O)cc2CCN1c1ccc(F)cc1. The Morgan fingerprint density at radius 1 is 1.08 bits per heavy atom. The van der Waals surface area contributed by atoms with Crippen LogP contribution in [0.5, 0.6) is 5.75 Å². The van der Waals surface area contributed by atoms with Gasteiger partial charge in [-0.2, -0.15) is 8.42 Å². The largest absolute Gasteiger partial charge is 0.494 e. The molecule has 38 heavy (non-hydrogen) atoms. The average Bonchev–Trinajstić information content (AvgIpc) is 2.90. The fraction of sp³-hybridized carbons (Fsp3) is 0.379. The number of hydrogen-bond acceptors (Lipinski definition) is 6. The van der Waals surface area contributed by atoms with Crippen LogP contribution in [0, 0.1) is 5.82 Å². The van der Waals surface area contributed by atoms with Crippen LogP contribution >= 0.6 is 0 Å². The third kappa shape index (κ3) is 5.86. The number of benzene rings is 3. The maximum absolute atomic E-state index is 13.7. The average molecular weight is 540 g/mol. The van der Waals surface area contributed by atoms with E-state index in [4.69, 9.17) is 10.5 Å². The van der Waals surface area contributed by atoms with Gasteiger partial charge in [0.15, 0.2) is 0 Å². The molecular formula is C29H34FN3O4S. The quantitative estimate of drug-likeness (QED) is 0.365. The van der Waals surface area contributed by atoms with Crippen molar-refractivity contribution >= 4 is 15.8 Å². The Labute approximate surface area is 223 Å². The lowest BCUT2D eigenvalue weighted by Crippen LogP contribution is -2.58. The maximum Gasteiger partial charge on any atom is 0.294 e. The van der Waals surface area contributed by atoms with Gasteiger partial charge in [-0.3, -0.25) is 4.55 Å². The Morgan fingerprint density at radius 2 is 1.84 bits per heavy atom. The second-order valence-corrected chi connectivity index (χ2v) is 11.6. The fourth-order valence-corrected chi connectivity index (χ4v) is 6.14. The van der Waals surface area contributed by atoms with Crippen molar-refractivity contribution in [3.63, 3.8) is 0 Å². The van der Waals surface area contributed by atoms with E-state index in [0.29, 0.717) is 32.0 Å². The van der Waals surface area contributed by atoms with E-state index < -0.39 is 15.8 Å². The summed E-state index contributed by atoms with van der Waals surface area (Å²) < 4.78 is 52.7. The molecule has 0 saturated carbocycles. The second kappa shape index (κ2) is 11.0. The third-order valence-electron chi connectivity index (χ3n) is 7.61. The van der Waals surface area contributed by atoms with Gasteiger partial charge in [-0.05, 0) is 97.4 Å². The Morgan fingerprint density at radius 3 is 2.53 bits per heavy atom. The Hall–Kier alpha value is -2.98. The summed E-state index contributed by atoms with van der Waals surface area (Å²) >= 11 is 0. The number of rotatable bonds is 8. The van der Waals surface area contributed by atoms with Crippen molar-refractivity contribution in [3.8, 4) is 5.75 Å². The van der Waals surface area contributed by atoms with Crippen LogP contribution in [-0.4, -0.2) is 38.7 Å². The molecule has 0 amide bonds. The van der Waals surface area contributed by atoms with Gasteiger partial charge in [-0.1, -0.05) is 24.6 Å². The molecule has 0 aromatic heterocycles. The van der Waals surface area contributed by atoms with Gasteiger partial charge in [0.25, 0.3) is 10.1 Å².